The van der Waals surface area contributed by atoms with Crippen molar-refractivity contribution in [1.29, 1.82) is 0 Å². The number of para-hydroxylation sites is 2. The molecule has 1 aliphatic heterocycles. The van der Waals surface area contributed by atoms with Gasteiger partial charge >= 0.3 is 0 Å². The number of imidazole rings is 1. The van der Waals surface area contributed by atoms with Gasteiger partial charge in [-0.2, -0.15) is 0 Å². The largest absolute Gasteiger partial charge is 0.355 e. The number of carbonyl (C=O) groups is 2. The van der Waals surface area contributed by atoms with Gasteiger partial charge in [-0.25, -0.2) is 4.98 Å². The molecule has 1 aromatic carbocycles. The van der Waals surface area contributed by atoms with E-state index in [1.54, 1.807) is 0 Å². The van der Waals surface area contributed by atoms with Crippen LogP contribution in [0.1, 0.15) is 51.4 Å². The minimum Gasteiger partial charge on any atom is -0.355 e. The number of aromatic nitrogens is 2. The van der Waals surface area contributed by atoms with E-state index in [-0.39, 0.29) is 29.6 Å². The van der Waals surface area contributed by atoms with E-state index in [0.29, 0.717) is 25.6 Å². The van der Waals surface area contributed by atoms with Gasteiger partial charge in [-0.1, -0.05) is 25.0 Å². The summed E-state index contributed by atoms with van der Waals surface area (Å²) in [6, 6.07) is 8.48. The third kappa shape index (κ3) is 3.52. The van der Waals surface area contributed by atoms with Crippen molar-refractivity contribution >= 4 is 22.8 Å². The van der Waals surface area contributed by atoms with Gasteiger partial charge in [0.05, 0.1) is 17.0 Å². The van der Waals surface area contributed by atoms with E-state index in [2.05, 4.69) is 35.1 Å². The van der Waals surface area contributed by atoms with Gasteiger partial charge in [0.15, 0.2) is 0 Å². The van der Waals surface area contributed by atoms with Crippen LogP contribution in [0, 0.1) is 17.8 Å². The maximum atomic E-state index is 12.9. The number of benzene rings is 1. The predicted octanol–water partition coefficient (Wildman–Crippen LogP) is 2.83. The Morgan fingerprint density at radius 1 is 1.29 bits per heavy atom. The molecule has 0 bridgehead atoms. The smallest absolute Gasteiger partial charge is 0.225 e. The molecule has 2 amide bonds. The first-order valence-electron chi connectivity index (χ1n) is 10.6. The van der Waals surface area contributed by atoms with Crippen LogP contribution in [-0.2, 0) is 16.0 Å². The highest BCUT2D eigenvalue weighted by Crippen LogP contribution is 2.37. The summed E-state index contributed by atoms with van der Waals surface area (Å²) in [5, 5.41) is 6.06. The van der Waals surface area contributed by atoms with Crippen LogP contribution in [0.15, 0.2) is 24.3 Å². The van der Waals surface area contributed by atoms with Gasteiger partial charge in [-0.15, -0.1) is 0 Å². The van der Waals surface area contributed by atoms with E-state index < -0.39 is 0 Å². The van der Waals surface area contributed by atoms with E-state index in [0.717, 1.165) is 42.5 Å². The van der Waals surface area contributed by atoms with Gasteiger partial charge in [0.2, 0.25) is 11.8 Å². The zero-order chi connectivity index (χ0) is 19.7. The van der Waals surface area contributed by atoms with Crippen LogP contribution in [0.5, 0.6) is 0 Å². The van der Waals surface area contributed by atoms with Crippen LogP contribution >= 0.6 is 0 Å². The first-order chi connectivity index (χ1) is 13.6. The summed E-state index contributed by atoms with van der Waals surface area (Å²) >= 11 is 0. The lowest BCUT2D eigenvalue weighted by Gasteiger charge is -2.39. The first kappa shape index (κ1) is 19.0. The van der Waals surface area contributed by atoms with Crippen molar-refractivity contribution < 1.29 is 9.59 Å². The Morgan fingerprint density at radius 3 is 2.89 bits per heavy atom. The third-order valence-electron chi connectivity index (χ3n) is 6.34. The third-order valence-corrected chi connectivity index (χ3v) is 6.34. The molecular weight excluding hydrogens is 352 g/mol. The Bertz CT molecular complexity index is 873. The van der Waals surface area contributed by atoms with Crippen molar-refractivity contribution in [2.75, 3.05) is 13.1 Å². The Hall–Kier alpha value is -2.37. The lowest BCUT2D eigenvalue weighted by Crippen LogP contribution is -2.53. The molecule has 0 radical (unpaired) electrons. The molecule has 0 spiro atoms. The SMILES string of the molecule is CC(C)n1c(CCNC(=O)C2CNC(=O)C3CCCCC32)nc2ccccc21. The number of hydrogen-bond donors (Lipinski definition) is 2. The van der Waals surface area contributed by atoms with Crippen LogP contribution in [0.25, 0.3) is 11.0 Å². The minimum absolute atomic E-state index is 0.0170. The Kier molecular flexibility index (Phi) is 5.38. The molecular formula is C22H30N4O2. The second-order valence-electron chi connectivity index (χ2n) is 8.43. The van der Waals surface area contributed by atoms with E-state index in [9.17, 15) is 9.59 Å². The molecule has 1 saturated heterocycles. The summed E-state index contributed by atoms with van der Waals surface area (Å²) in [6.45, 7) is 5.35. The summed E-state index contributed by atoms with van der Waals surface area (Å²) in [7, 11) is 0. The fourth-order valence-corrected chi connectivity index (χ4v) is 5.02. The molecule has 6 heteroatoms. The van der Waals surface area contributed by atoms with Gasteiger partial charge in [0.1, 0.15) is 5.82 Å². The number of nitrogens with zero attached hydrogens (tertiary/aromatic N) is 2. The van der Waals surface area contributed by atoms with Crippen LogP contribution in [0.3, 0.4) is 0 Å². The van der Waals surface area contributed by atoms with Gasteiger partial charge in [0, 0.05) is 31.5 Å². The standard InChI is InChI=1S/C22H30N4O2/c1-14(2)26-19-10-6-5-9-18(19)25-20(26)11-12-23-22(28)17-13-24-21(27)16-8-4-3-7-15(16)17/h5-6,9-10,14-17H,3-4,7-8,11-13H2,1-2H3,(H,23,28)(H,24,27). The number of piperidine rings is 1. The van der Waals surface area contributed by atoms with E-state index in [4.69, 9.17) is 4.98 Å². The fourth-order valence-electron chi connectivity index (χ4n) is 5.02. The number of rotatable bonds is 5. The minimum atomic E-state index is -0.105. The Balaban J connectivity index is 1.41. The monoisotopic (exact) mass is 382 g/mol. The zero-order valence-electron chi connectivity index (χ0n) is 16.8. The normalized spacial score (nSPS) is 24.8. The number of fused-ring (bicyclic) bond motifs is 2. The molecule has 150 valence electrons. The number of carbonyl (C=O) groups excluding carboxylic acids is 2. The molecule has 2 N–H and O–H groups in total. The molecule has 28 heavy (non-hydrogen) atoms. The molecule has 2 aromatic rings. The molecule has 2 fully saturated rings. The Labute approximate surface area is 166 Å². The number of amides is 2. The molecule has 1 saturated carbocycles. The zero-order valence-corrected chi connectivity index (χ0v) is 16.8. The molecule has 1 aromatic heterocycles. The highest BCUT2D eigenvalue weighted by molar-refractivity contribution is 5.85. The first-order valence-corrected chi connectivity index (χ1v) is 10.6. The van der Waals surface area contributed by atoms with E-state index in [1.165, 1.54) is 0 Å². The Morgan fingerprint density at radius 2 is 2.07 bits per heavy atom. The van der Waals surface area contributed by atoms with Gasteiger partial charge in [-0.3, -0.25) is 9.59 Å². The second-order valence-corrected chi connectivity index (χ2v) is 8.43. The highest BCUT2D eigenvalue weighted by Gasteiger charge is 2.42. The molecule has 3 unspecified atom stereocenters. The lowest BCUT2D eigenvalue weighted by atomic mass is 9.69. The van der Waals surface area contributed by atoms with Crippen LogP contribution in [0.2, 0.25) is 0 Å². The van der Waals surface area contributed by atoms with Crippen molar-refractivity contribution in [1.82, 2.24) is 20.2 Å². The van der Waals surface area contributed by atoms with Crippen LogP contribution in [0.4, 0.5) is 0 Å². The molecule has 2 heterocycles. The van der Waals surface area contributed by atoms with Crippen LogP contribution < -0.4 is 10.6 Å². The van der Waals surface area contributed by atoms with Gasteiger partial charge in [0.25, 0.3) is 0 Å². The lowest BCUT2D eigenvalue weighted by molar-refractivity contribution is -0.138. The quantitative estimate of drug-likeness (QED) is 0.835. The van der Waals surface area contributed by atoms with Crippen molar-refractivity contribution in [3.05, 3.63) is 30.1 Å². The molecule has 6 nitrogen and oxygen atoms in total. The molecule has 4 rings (SSSR count). The average molecular weight is 383 g/mol. The highest BCUT2D eigenvalue weighted by atomic mass is 16.2. The maximum absolute atomic E-state index is 12.9. The maximum Gasteiger partial charge on any atom is 0.225 e. The van der Waals surface area contributed by atoms with Crippen molar-refractivity contribution in [2.24, 2.45) is 17.8 Å². The molecule has 2 aliphatic rings. The van der Waals surface area contributed by atoms with E-state index in [1.807, 2.05) is 18.2 Å². The van der Waals surface area contributed by atoms with Gasteiger partial charge < -0.3 is 15.2 Å². The van der Waals surface area contributed by atoms with Crippen molar-refractivity contribution in [3.63, 3.8) is 0 Å². The number of hydrogen-bond acceptors (Lipinski definition) is 3. The topological polar surface area (TPSA) is 76.0 Å². The summed E-state index contributed by atoms with van der Waals surface area (Å²) < 4.78 is 2.25. The molecule has 3 atom stereocenters. The van der Waals surface area contributed by atoms with E-state index >= 15 is 0 Å². The summed E-state index contributed by atoms with van der Waals surface area (Å²) in [5.74, 6) is 1.32. The van der Waals surface area contributed by atoms with Crippen molar-refractivity contribution in [3.8, 4) is 0 Å². The summed E-state index contributed by atoms with van der Waals surface area (Å²) in [5.41, 5.74) is 2.14. The average Bonchev–Trinajstić information content (AvgIpc) is 3.07. The summed E-state index contributed by atoms with van der Waals surface area (Å²) in [6.07, 6.45) is 4.81. The predicted molar refractivity (Wildman–Crippen MR) is 109 cm³/mol. The summed E-state index contributed by atoms with van der Waals surface area (Å²) in [4.78, 5) is 29.8. The fraction of sp³-hybridized carbons (Fsp3) is 0.591. The van der Waals surface area contributed by atoms with Gasteiger partial charge in [-0.05, 0) is 44.7 Å². The second kappa shape index (κ2) is 7.94. The van der Waals surface area contributed by atoms with Crippen LogP contribution in [-0.4, -0.2) is 34.5 Å². The number of nitrogens with one attached hydrogen (secondary N) is 2. The molecule has 1 aliphatic carbocycles. The van der Waals surface area contributed by atoms with Crippen molar-refractivity contribution in [2.45, 2.75) is 52.0 Å².